The van der Waals surface area contributed by atoms with Gasteiger partial charge in [0.15, 0.2) is 6.10 Å². The Kier molecular flexibility index (Phi) is 3.71. The van der Waals surface area contributed by atoms with Gasteiger partial charge in [0.05, 0.1) is 24.2 Å². The minimum Gasteiger partial charge on any atom is -0.483 e. The van der Waals surface area contributed by atoms with Crippen LogP contribution in [0.4, 0.5) is 0 Å². The zero-order valence-electron chi connectivity index (χ0n) is 17.7. The Morgan fingerprint density at radius 2 is 2.00 bits per heavy atom. The molecule has 0 radical (unpaired) electrons. The van der Waals surface area contributed by atoms with Crippen LogP contribution in [0.5, 0.6) is 5.75 Å². The van der Waals surface area contributed by atoms with E-state index in [4.69, 9.17) is 14.2 Å². The average Bonchev–Trinajstić information content (AvgIpc) is 3.29. The summed E-state index contributed by atoms with van der Waals surface area (Å²) in [6, 6.07) is 4.53. The zero-order valence-corrected chi connectivity index (χ0v) is 17.7. The molecule has 0 aromatic heterocycles. The van der Waals surface area contributed by atoms with Gasteiger partial charge >= 0.3 is 0 Å². The highest BCUT2D eigenvalue weighted by atomic mass is 16.8. The molecule has 1 N–H and O–H groups in total. The van der Waals surface area contributed by atoms with Crippen LogP contribution in [0.25, 0.3) is 0 Å². The lowest BCUT2D eigenvalue weighted by atomic mass is 9.48. The molecule has 2 spiro atoms. The van der Waals surface area contributed by atoms with E-state index in [1.54, 1.807) is 0 Å². The van der Waals surface area contributed by atoms with E-state index in [-0.39, 0.29) is 12.1 Å². The van der Waals surface area contributed by atoms with Crippen LogP contribution < -0.4 is 4.74 Å². The van der Waals surface area contributed by atoms with Gasteiger partial charge in [0.2, 0.25) is 5.79 Å². The molecule has 4 atom stereocenters. The fourth-order valence-electron chi connectivity index (χ4n) is 7.02. The van der Waals surface area contributed by atoms with Crippen molar-refractivity contribution in [2.75, 3.05) is 26.3 Å². The minimum absolute atomic E-state index is 0.0952. The van der Waals surface area contributed by atoms with Crippen LogP contribution in [0.2, 0.25) is 0 Å². The van der Waals surface area contributed by atoms with Crippen molar-refractivity contribution in [3.8, 4) is 5.75 Å². The summed E-state index contributed by atoms with van der Waals surface area (Å²) in [5.74, 6) is 0.251. The van der Waals surface area contributed by atoms with Crippen LogP contribution in [0.1, 0.15) is 49.8 Å². The minimum atomic E-state index is -0.821. The highest BCUT2D eigenvalue weighted by Crippen LogP contribution is 2.67. The van der Waals surface area contributed by atoms with Crippen molar-refractivity contribution < 1.29 is 19.3 Å². The van der Waals surface area contributed by atoms with E-state index in [9.17, 15) is 5.11 Å². The molecule has 156 valence electrons. The number of piperidine rings is 1. The summed E-state index contributed by atoms with van der Waals surface area (Å²) in [6.07, 6.45) is 5.13. The molecule has 1 aromatic carbocycles. The second-order valence-corrected chi connectivity index (χ2v) is 9.89. The molecule has 2 unspecified atom stereocenters. The molecule has 5 aliphatic rings. The number of aryl methyl sites for hydroxylation is 1. The second-order valence-electron chi connectivity index (χ2n) is 9.89. The molecular weight excluding hydrogens is 366 g/mol. The van der Waals surface area contributed by atoms with Crippen LogP contribution in [0.3, 0.4) is 0 Å². The Bertz CT molecular complexity index is 900. The molecule has 3 fully saturated rings. The first kappa shape index (κ1) is 18.4. The van der Waals surface area contributed by atoms with Crippen molar-refractivity contribution in [3.05, 3.63) is 40.5 Å². The topological polar surface area (TPSA) is 51.2 Å². The lowest BCUT2D eigenvalue weighted by molar-refractivity contribution is -0.296. The average molecular weight is 398 g/mol. The molecule has 5 heteroatoms. The number of nitrogens with zero attached hydrogens (tertiary/aromatic N) is 1. The summed E-state index contributed by atoms with van der Waals surface area (Å²) in [4.78, 5) is 2.49. The quantitative estimate of drug-likeness (QED) is 0.778. The lowest BCUT2D eigenvalue weighted by Gasteiger charge is -2.65. The summed E-state index contributed by atoms with van der Waals surface area (Å²) in [7, 11) is 0. The summed E-state index contributed by atoms with van der Waals surface area (Å²) in [6.45, 7) is 9.46. The van der Waals surface area contributed by atoms with Crippen molar-refractivity contribution in [1.82, 2.24) is 4.90 Å². The highest BCUT2D eigenvalue weighted by Gasteiger charge is 2.77. The predicted octanol–water partition coefficient (Wildman–Crippen LogP) is 2.86. The normalized spacial score (nSPS) is 38.6. The maximum Gasteiger partial charge on any atom is 0.207 e. The largest absolute Gasteiger partial charge is 0.483 e. The first-order valence-corrected chi connectivity index (χ1v) is 11.1. The number of hydrogen-bond donors (Lipinski definition) is 1. The number of aliphatic hydroxyl groups is 1. The van der Waals surface area contributed by atoms with E-state index in [0.29, 0.717) is 26.1 Å². The van der Waals surface area contributed by atoms with Crippen molar-refractivity contribution in [3.63, 3.8) is 0 Å². The first-order valence-electron chi connectivity index (χ1n) is 11.1. The van der Waals surface area contributed by atoms with Gasteiger partial charge in [0.25, 0.3) is 0 Å². The number of allylic oxidation sites excluding steroid dienone is 1. The van der Waals surface area contributed by atoms with Gasteiger partial charge in [-0.25, -0.2) is 0 Å². The molecule has 3 heterocycles. The number of benzene rings is 1. The summed E-state index contributed by atoms with van der Waals surface area (Å²) >= 11 is 0. The van der Waals surface area contributed by atoms with Crippen LogP contribution in [0, 0.1) is 6.92 Å². The number of fused-ring (bicyclic) bond motifs is 1. The third kappa shape index (κ3) is 2.10. The van der Waals surface area contributed by atoms with Crippen LogP contribution in [0.15, 0.2) is 23.8 Å². The van der Waals surface area contributed by atoms with E-state index in [1.165, 1.54) is 16.7 Å². The van der Waals surface area contributed by atoms with Crippen molar-refractivity contribution in [2.24, 2.45) is 0 Å². The molecule has 2 bridgehead atoms. The van der Waals surface area contributed by atoms with Crippen LogP contribution in [-0.2, 0) is 21.3 Å². The third-order valence-electron chi connectivity index (χ3n) is 8.31. The van der Waals surface area contributed by atoms with Gasteiger partial charge in [0, 0.05) is 24.6 Å². The summed E-state index contributed by atoms with van der Waals surface area (Å²) < 4.78 is 19.2. The van der Waals surface area contributed by atoms with E-state index < -0.39 is 16.8 Å². The third-order valence-corrected chi connectivity index (χ3v) is 8.31. The molecule has 6 rings (SSSR count). The molecule has 3 aliphatic heterocycles. The zero-order chi connectivity index (χ0) is 20.0. The number of ether oxygens (including phenoxy) is 3. The van der Waals surface area contributed by atoms with E-state index in [0.717, 1.165) is 37.2 Å². The van der Waals surface area contributed by atoms with Gasteiger partial charge in [-0.3, -0.25) is 4.90 Å². The molecule has 5 nitrogen and oxygen atoms in total. The molecule has 0 amide bonds. The second kappa shape index (κ2) is 5.85. The Labute approximate surface area is 172 Å². The molecular formula is C24H31NO4. The predicted molar refractivity (Wildman–Crippen MR) is 109 cm³/mol. The smallest absolute Gasteiger partial charge is 0.207 e. The van der Waals surface area contributed by atoms with Crippen molar-refractivity contribution >= 4 is 0 Å². The van der Waals surface area contributed by atoms with Gasteiger partial charge in [-0.1, -0.05) is 23.8 Å². The fourth-order valence-corrected chi connectivity index (χ4v) is 7.02. The maximum atomic E-state index is 12.4. The Morgan fingerprint density at radius 3 is 2.76 bits per heavy atom. The molecule has 1 saturated carbocycles. The number of rotatable bonds is 2. The van der Waals surface area contributed by atoms with Gasteiger partial charge < -0.3 is 19.3 Å². The van der Waals surface area contributed by atoms with Gasteiger partial charge in [-0.2, -0.15) is 0 Å². The Hall–Kier alpha value is -1.40. The van der Waals surface area contributed by atoms with Crippen molar-refractivity contribution in [1.29, 1.82) is 0 Å². The summed E-state index contributed by atoms with van der Waals surface area (Å²) in [5, 5.41) is 12.4. The van der Waals surface area contributed by atoms with E-state index >= 15 is 0 Å². The highest BCUT2D eigenvalue weighted by molar-refractivity contribution is 5.60. The Morgan fingerprint density at radius 1 is 1.21 bits per heavy atom. The SMILES string of the molecule is CC(C)=CCN1CC[C@]23c4c5ccc(C)c4OC2C2(CCC3(O)[C@H]1C5)OCCO2. The monoisotopic (exact) mass is 397 g/mol. The first-order chi connectivity index (χ1) is 13.9. The summed E-state index contributed by atoms with van der Waals surface area (Å²) in [5.41, 5.74) is 3.78. The van der Waals surface area contributed by atoms with Crippen LogP contribution in [-0.4, -0.2) is 59.8 Å². The van der Waals surface area contributed by atoms with Crippen molar-refractivity contribution in [2.45, 2.75) is 75.4 Å². The molecule has 2 saturated heterocycles. The standard InChI is InChI=1S/C24H31NO4/c1-15(2)6-10-25-11-9-22-19-17-5-4-16(3)20(19)29-21(22)24(27-12-13-28-24)8-7-23(22,26)18(25)14-17/h4-6,18,21,26H,7-14H2,1-3H3/t18-,21?,22+,23?/m1/s1. The van der Waals surface area contributed by atoms with E-state index in [1.807, 2.05) is 0 Å². The molecule has 1 aromatic rings. The molecule has 29 heavy (non-hydrogen) atoms. The molecule has 2 aliphatic carbocycles. The van der Waals surface area contributed by atoms with E-state index in [2.05, 4.69) is 43.9 Å². The Balaban J connectivity index is 1.55. The van der Waals surface area contributed by atoms with Gasteiger partial charge in [-0.15, -0.1) is 0 Å². The van der Waals surface area contributed by atoms with Gasteiger partial charge in [0.1, 0.15) is 5.75 Å². The number of hydrogen-bond acceptors (Lipinski definition) is 5. The van der Waals surface area contributed by atoms with Crippen LogP contribution >= 0.6 is 0 Å². The lowest BCUT2D eigenvalue weighted by Crippen LogP contribution is -2.79. The number of likely N-dealkylation sites (tertiary alicyclic amines) is 1. The van der Waals surface area contributed by atoms with Gasteiger partial charge in [-0.05, 0) is 57.7 Å². The maximum absolute atomic E-state index is 12.4. The fraction of sp³-hybridized carbons (Fsp3) is 0.667.